The van der Waals surface area contributed by atoms with Crippen LogP contribution in [-0.2, 0) is 11.3 Å². The van der Waals surface area contributed by atoms with Crippen LogP contribution < -0.4 is 14.4 Å². The Labute approximate surface area is 200 Å². The SMILES string of the molecule is COc1cc(C=Nc2ccc(N3CCOCC3)cc2)ccc1OCc1ccc2ccccc2c1. The van der Waals surface area contributed by atoms with Crippen LogP contribution in [-0.4, -0.2) is 39.6 Å². The molecule has 0 radical (unpaired) electrons. The molecule has 0 aliphatic carbocycles. The van der Waals surface area contributed by atoms with E-state index < -0.39 is 0 Å². The van der Waals surface area contributed by atoms with Gasteiger partial charge in [0.2, 0.25) is 0 Å². The van der Waals surface area contributed by atoms with Crippen LogP contribution in [0.15, 0.2) is 89.9 Å². The predicted molar refractivity (Wildman–Crippen MR) is 138 cm³/mol. The van der Waals surface area contributed by atoms with Crippen molar-refractivity contribution in [2.24, 2.45) is 4.99 Å². The molecule has 1 heterocycles. The number of hydrogen-bond acceptors (Lipinski definition) is 5. The number of nitrogens with zero attached hydrogens (tertiary/aromatic N) is 2. The van der Waals surface area contributed by atoms with Crippen molar-refractivity contribution < 1.29 is 14.2 Å². The van der Waals surface area contributed by atoms with E-state index in [0.717, 1.165) is 43.1 Å². The molecular weight excluding hydrogens is 424 g/mol. The lowest BCUT2D eigenvalue weighted by molar-refractivity contribution is 0.122. The number of rotatable bonds is 7. The first-order valence-electron chi connectivity index (χ1n) is 11.5. The molecule has 1 saturated heterocycles. The number of methoxy groups -OCH3 is 1. The van der Waals surface area contributed by atoms with Crippen molar-refractivity contribution in [1.29, 1.82) is 0 Å². The second kappa shape index (κ2) is 10.4. The standard InChI is InChI=1S/C29H28N2O3/c1-32-29-19-22(20-30-26-9-11-27(12-10-26)31-14-16-33-17-15-31)7-13-28(29)34-21-23-6-8-24-4-2-3-5-25(24)18-23/h2-13,18-20H,14-17,21H2,1H3. The second-order valence-corrected chi connectivity index (χ2v) is 8.25. The fraction of sp³-hybridized carbons (Fsp3) is 0.207. The van der Waals surface area contributed by atoms with Crippen molar-refractivity contribution in [2.75, 3.05) is 38.3 Å². The summed E-state index contributed by atoms with van der Waals surface area (Å²) in [5.74, 6) is 1.40. The van der Waals surface area contributed by atoms with Gasteiger partial charge in [-0.05, 0) is 70.4 Å². The van der Waals surface area contributed by atoms with E-state index in [1.165, 1.54) is 16.5 Å². The van der Waals surface area contributed by atoms with Gasteiger partial charge < -0.3 is 19.1 Å². The fourth-order valence-corrected chi connectivity index (χ4v) is 4.09. The first-order valence-corrected chi connectivity index (χ1v) is 11.5. The minimum atomic E-state index is 0.476. The lowest BCUT2D eigenvalue weighted by Crippen LogP contribution is -2.36. The monoisotopic (exact) mass is 452 g/mol. The van der Waals surface area contributed by atoms with Crippen LogP contribution in [0.1, 0.15) is 11.1 Å². The molecule has 4 aromatic rings. The van der Waals surface area contributed by atoms with Crippen LogP contribution >= 0.6 is 0 Å². The van der Waals surface area contributed by atoms with Crippen molar-refractivity contribution in [3.63, 3.8) is 0 Å². The number of benzene rings is 4. The summed E-state index contributed by atoms with van der Waals surface area (Å²) in [6, 6.07) is 28.9. The zero-order valence-corrected chi connectivity index (χ0v) is 19.3. The zero-order chi connectivity index (χ0) is 23.2. The highest BCUT2D eigenvalue weighted by Gasteiger charge is 2.10. The van der Waals surface area contributed by atoms with Gasteiger partial charge >= 0.3 is 0 Å². The lowest BCUT2D eigenvalue weighted by atomic mass is 10.1. The Bertz CT molecular complexity index is 1280. The molecule has 0 spiro atoms. The third-order valence-corrected chi connectivity index (χ3v) is 5.98. The predicted octanol–water partition coefficient (Wildman–Crippen LogP) is 6.01. The molecule has 0 amide bonds. The number of morpholine rings is 1. The van der Waals surface area contributed by atoms with E-state index in [0.29, 0.717) is 18.1 Å². The smallest absolute Gasteiger partial charge is 0.161 e. The first kappa shape index (κ1) is 22.0. The molecule has 5 rings (SSSR count). The summed E-state index contributed by atoms with van der Waals surface area (Å²) in [5, 5.41) is 2.43. The minimum absolute atomic E-state index is 0.476. The van der Waals surface area contributed by atoms with Crippen molar-refractivity contribution in [3.05, 3.63) is 96.1 Å². The highest BCUT2D eigenvalue weighted by atomic mass is 16.5. The molecule has 5 nitrogen and oxygen atoms in total. The van der Waals surface area contributed by atoms with Crippen molar-refractivity contribution in [2.45, 2.75) is 6.61 Å². The molecule has 0 N–H and O–H groups in total. The molecule has 1 aliphatic rings. The Morgan fingerprint density at radius 3 is 2.44 bits per heavy atom. The number of fused-ring (bicyclic) bond motifs is 1. The highest BCUT2D eigenvalue weighted by Crippen LogP contribution is 2.29. The van der Waals surface area contributed by atoms with Gasteiger partial charge in [0, 0.05) is 25.0 Å². The number of ether oxygens (including phenoxy) is 3. The average molecular weight is 453 g/mol. The Kier molecular flexibility index (Phi) is 6.73. The topological polar surface area (TPSA) is 43.3 Å². The Hall–Kier alpha value is -3.83. The van der Waals surface area contributed by atoms with E-state index in [-0.39, 0.29) is 0 Å². The van der Waals surface area contributed by atoms with Crippen molar-refractivity contribution in [1.82, 2.24) is 0 Å². The highest BCUT2D eigenvalue weighted by molar-refractivity contribution is 5.84. The molecule has 4 aromatic carbocycles. The summed E-state index contributed by atoms with van der Waals surface area (Å²) in [7, 11) is 1.66. The normalized spacial score (nSPS) is 14.0. The minimum Gasteiger partial charge on any atom is -0.493 e. The van der Waals surface area contributed by atoms with Gasteiger partial charge in [0.05, 0.1) is 26.0 Å². The van der Waals surface area contributed by atoms with Gasteiger partial charge in [-0.2, -0.15) is 0 Å². The molecule has 34 heavy (non-hydrogen) atoms. The third-order valence-electron chi connectivity index (χ3n) is 5.98. The van der Waals surface area contributed by atoms with Crippen LogP contribution in [0.4, 0.5) is 11.4 Å². The average Bonchev–Trinajstić information content (AvgIpc) is 2.91. The molecule has 172 valence electrons. The van der Waals surface area contributed by atoms with E-state index in [9.17, 15) is 0 Å². The molecule has 1 aliphatic heterocycles. The van der Waals surface area contributed by atoms with Gasteiger partial charge in [0.1, 0.15) is 6.61 Å². The van der Waals surface area contributed by atoms with E-state index in [1.807, 2.05) is 36.5 Å². The molecule has 5 heteroatoms. The Morgan fingerprint density at radius 2 is 1.65 bits per heavy atom. The number of aliphatic imine (C=N–C) groups is 1. The summed E-state index contributed by atoms with van der Waals surface area (Å²) in [4.78, 5) is 6.96. The van der Waals surface area contributed by atoms with E-state index in [2.05, 4.69) is 64.5 Å². The van der Waals surface area contributed by atoms with Crippen LogP contribution in [0, 0.1) is 0 Å². The maximum Gasteiger partial charge on any atom is 0.161 e. The van der Waals surface area contributed by atoms with Gasteiger partial charge in [0.15, 0.2) is 11.5 Å². The first-order chi connectivity index (χ1) is 16.8. The Balaban J connectivity index is 1.24. The van der Waals surface area contributed by atoms with Crippen LogP contribution in [0.25, 0.3) is 10.8 Å². The lowest BCUT2D eigenvalue weighted by Gasteiger charge is -2.28. The van der Waals surface area contributed by atoms with Gasteiger partial charge in [-0.25, -0.2) is 0 Å². The number of anilines is 1. The summed E-state index contributed by atoms with van der Waals surface area (Å²) in [5.41, 5.74) is 4.18. The quantitative estimate of drug-likeness (QED) is 0.322. The molecule has 1 fully saturated rings. The summed E-state index contributed by atoms with van der Waals surface area (Å²) < 4.78 is 17.1. The fourth-order valence-electron chi connectivity index (χ4n) is 4.09. The van der Waals surface area contributed by atoms with E-state index in [1.54, 1.807) is 7.11 Å². The van der Waals surface area contributed by atoms with Gasteiger partial charge in [-0.1, -0.05) is 36.4 Å². The van der Waals surface area contributed by atoms with Crippen LogP contribution in [0.2, 0.25) is 0 Å². The molecule has 0 aromatic heterocycles. The maximum atomic E-state index is 6.07. The van der Waals surface area contributed by atoms with Crippen LogP contribution in [0.3, 0.4) is 0 Å². The zero-order valence-electron chi connectivity index (χ0n) is 19.3. The van der Waals surface area contributed by atoms with E-state index in [4.69, 9.17) is 14.2 Å². The van der Waals surface area contributed by atoms with Gasteiger partial charge in [-0.15, -0.1) is 0 Å². The van der Waals surface area contributed by atoms with Crippen LogP contribution in [0.5, 0.6) is 11.5 Å². The third kappa shape index (κ3) is 5.21. The van der Waals surface area contributed by atoms with Crippen molar-refractivity contribution in [3.8, 4) is 11.5 Å². The molecule has 0 unspecified atom stereocenters. The maximum absolute atomic E-state index is 6.07. The molecule has 0 atom stereocenters. The molecular formula is C29H28N2O3. The van der Waals surface area contributed by atoms with Crippen molar-refractivity contribution >= 4 is 28.4 Å². The summed E-state index contributed by atoms with van der Waals surface area (Å²) >= 11 is 0. The van der Waals surface area contributed by atoms with Gasteiger partial charge in [-0.3, -0.25) is 4.99 Å². The number of hydrogen-bond donors (Lipinski definition) is 0. The second-order valence-electron chi connectivity index (χ2n) is 8.25. The Morgan fingerprint density at radius 1 is 0.853 bits per heavy atom. The van der Waals surface area contributed by atoms with Gasteiger partial charge in [0.25, 0.3) is 0 Å². The summed E-state index contributed by atoms with van der Waals surface area (Å²) in [6.07, 6.45) is 1.85. The summed E-state index contributed by atoms with van der Waals surface area (Å²) in [6.45, 7) is 3.90. The molecule has 0 bridgehead atoms. The largest absolute Gasteiger partial charge is 0.493 e. The van der Waals surface area contributed by atoms with E-state index >= 15 is 0 Å². The molecule has 0 saturated carbocycles.